The summed E-state index contributed by atoms with van der Waals surface area (Å²) in [4.78, 5) is 6.67. The first-order valence-electron chi connectivity index (χ1n) is 6.44. The minimum atomic E-state index is -0.365. The lowest BCUT2D eigenvalue weighted by molar-refractivity contribution is 0.00285. The Morgan fingerprint density at radius 3 is 2.65 bits per heavy atom. The van der Waals surface area contributed by atoms with Crippen LogP contribution in [0.25, 0.3) is 0 Å². The summed E-state index contributed by atoms with van der Waals surface area (Å²) in [7, 11) is 0. The van der Waals surface area contributed by atoms with E-state index in [2.05, 4.69) is 23.7 Å². The van der Waals surface area contributed by atoms with Crippen LogP contribution in [0.5, 0.6) is 0 Å². The second kappa shape index (κ2) is 5.15. The van der Waals surface area contributed by atoms with Crippen molar-refractivity contribution in [3.63, 3.8) is 0 Å². The van der Waals surface area contributed by atoms with Crippen LogP contribution in [0, 0.1) is 0 Å². The molecule has 0 bridgehead atoms. The van der Waals surface area contributed by atoms with E-state index >= 15 is 0 Å². The third kappa shape index (κ3) is 2.85. The minimum Gasteiger partial charge on any atom is -0.391 e. The van der Waals surface area contributed by atoms with Crippen molar-refractivity contribution in [3.05, 3.63) is 30.1 Å². The molecule has 0 radical (unpaired) electrons. The molecule has 2 heterocycles. The number of pyridine rings is 1. The van der Waals surface area contributed by atoms with E-state index in [1.807, 2.05) is 18.2 Å². The van der Waals surface area contributed by atoms with Crippen LogP contribution in [0.2, 0.25) is 0 Å². The summed E-state index contributed by atoms with van der Waals surface area (Å²) in [5.41, 5.74) is 0.806. The van der Waals surface area contributed by atoms with Crippen molar-refractivity contribution >= 4 is 0 Å². The number of aliphatic hydroxyl groups is 1. The normalized spacial score (nSPS) is 19.5. The van der Waals surface area contributed by atoms with Crippen molar-refractivity contribution < 1.29 is 5.11 Å². The molecule has 0 aromatic carbocycles. The Kier molecular flexibility index (Phi) is 3.79. The van der Waals surface area contributed by atoms with Crippen molar-refractivity contribution in [1.82, 2.24) is 9.88 Å². The molecular weight excluding hydrogens is 212 g/mol. The molecule has 1 aromatic heterocycles. The number of aromatic nitrogens is 1. The Hall–Kier alpha value is -0.930. The largest absolute Gasteiger partial charge is 0.391 e. The summed E-state index contributed by atoms with van der Waals surface area (Å²) < 4.78 is 0. The van der Waals surface area contributed by atoms with Crippen LogP contribution in [-0.4, -0.2) is 39.7 Å². The lowest BCUT2D eigenvalue weighted by Crippen LogP contribution is -2.52. The molecule has 1 aliphatic rings. The fourth-order valence-electron chi connectivity index (χ4n) is 2.47. The molecule has 0 aliphatic carbocycles. The summed E-state index contributed by atoms with van der Waals surface area (Å²) in [5, 5.41) is 10.4. The van der Waals surface area contributed by atoms with Gasteiger partial charge in [0.1, 0.15) is 0 Å². The fraction of sp³-hybridized carbons (Fsp3) is 0.643. The first kappa shape index (κ1) is 12.5. The number of hydrogen-bond donors (Lipinski definition) is 1. The molecule has 0 amide bonds. The molecule has 1 N–H and O–H groups in total. The average molecular weight is 234 g/mol. The van der Waals surface area contributed by atoms with Gasteiger partial charge in [-0.25, -0.2) is 0 Å². The highest BCUT2D eigenvalue weighted by molar-refractivity contribution is 5.07. The molecule has 1 unspecified atom stereocenters. The Labute approximate surface area is 103 Å². The molecular formula is C14H22N2O. The highest BCUT2D eigenvalue weighted by atomic mass is 16.3. The first-order chi connectivity index (χ1) is 8.10. The summed E-state index contributed by atoms with van der Waals surface area (Å²) in [6.45, 7) is 6.47. The third-order valence-electron chi connectivity index (χ3n) is 3.87. The Morgan fingerprint density at radius 1 is 1.35 bits per heavy atom. The zero-order chi connectivity index (χ0) is 12.3. The molecule has 1 fully saturated rings. The van der Waals surface area contributed by atoms with Crippen LogP contribution in [0.15, 0.2) is 24.4 Å². The maximum absolute atomic E-state index is 10.4. The lowest BCUT2D eigenvalue weighted by Gasteiger charge is -2.39. The van der Waals surface area contributed by atoms with Crippen LogP contribution in [0.3, 0.4) is 0 Å². The lowest BCUT2D eigenvalue weighted by atomic mass is 9.91. The van der Waals surface area contributed by atoms with Gasteiger partial charge in [0.05, 0.1) is 6.10 Å². The Balaban J connectivity index is 2.01. The van der Waals surface area contributed by atoms with Gasteiger partial charge in [-0.15, -0.1) is 0 Å². The van der Waals surface area contributed by atoms with E-state index in [1.54, 1.807) is 6.20 Å². The van der Waals surface area contributed by atoms with Gasteiger partial charge < -0.3 is 5.11 Å². The molecule has 0 spiro atoms. The van der Waals surface area contributed by atoms with Crippen molar-refractivity contribution in [2.24, 2.45) is 0 Å². The fourth-order valence-corrected chi connectivity index (χ4v) is 2.47. The van der Waals surface area contributed by atoms with E-state index in [1.165, 1.54) is 12.8 Å². The monoisotopic (exact) mass is 234 g/mol. The average Bonchev–Trinajstić information content (AvgIpc) is 2.84. The number of aliphatic hydroxyl groups excluding tert-OH is 1. The van der Waals surface area contributed by atoms with Gasteiger partial charge in [-0.2, -0.15) is 0 Å². The van der Waals surface area contributed by atoms with Crippen molar-refractivity contribution in [2.45, 2.75) is 44.8 Å². The quantitative estimate of drug-likeness (QED) is 0.864. The van der Waals surface area contributed by atoms with E-state index in [-0.39, 0.29) is 11.6 Å². The van der Waals surface area contributed by atoms with Crippen LogP contribution in [0.4, 0.5) is 0 Å². The number of rotatable bonds is 4. The molecule has 3 heteroatoms. The maximum atomic E-state index is 10.4. The van der Waals surface area contributed by atoms with Gasteiger partial charge in [-0.05, 0) is 51.9 Å². The molecule has 1 saturated heterocycles. The van der Waals surface area contributed by atoms with Gasteiger partial charge in [-0.1, -0.05) is 6.07 Å². The summed E-state index contributed by atoms with van der Waals surface area (Å²) in [5.74, 6) is 0. The van der Waals surface area contributed by atoms with Gasteiger partial charge in [0.15, 0.2) is 0 Å². The second-order valence-corrected chi connectivity index (χ2v) is 5.39. The SMILES string of the molecule is CC(C)(C(O)Cc1ccccn1)N1CCCC1. The van der Waals surface area contributed by atoms with E-state index in [0.717, 1.165) is 18.8 Å². The molecule has 3 nitrogen and oxygen atoms in total. The van der Waals surface area contributed by atoms with Crippen LogP contribution in [0.1, 0.15) is 32.4 Å². The molecule has 1 atom stereocenters. The molecule has 1 aliphatic heterocycles. The third-order valence-corrected chi connectivity index (χ3v) is 3.87. The Morgan fingerprint density at radius 2 is 2.06 bits per heavy atom. The van der Waals surface area contributed by atoms with E-state index < -0.39 is 0 Å². The van der Waals surface area contributed by atoms with Gasteiger partial charge in [0.2, 0.25) is 0 Å². The van der Waals surface area contributed by atoms with E-state index in [0.29, 0.717) is 6.42 Å². The second-order valence-electron chi connectivity index (χ2n) is 5.39. The standard InChI is InChI=1S/C14H22N2O/c1-14(2,16-9-5-6-10-16)13(17)11-12-7-3-4-8-15-12/h3-4,7-8,13,17H,5-6,9-11H2,1-2H3. The van der Waals surface area contributed by atoms with Gasteiger partial charge in [0.25, 0.3) is 0 Å². The minimum absolute atomic E-state index is 0.159. The topological polar surface area (TPSA) is 36.4 Å². The Bertz CT molecular complexity index is 344. The maximum Gasteiger partial charge on any atom is 0.0773 e. The van der Waals surface area contributed by atoms with Crippen molar-refractivity contribution in [2.75, 3.05) is 13.1 Å². The summed E-state index contributed by atoms with van der Waals surface area (Å²) in [6, 6.07) is 5.85. The predicted octanol–water partition coefficient (Wildman–Crippen LogP) is 1.86. The van der Waals surface area contributed by atoms with Crippen LogP contribution in [-0.2, 0) is 6.42 Å². The van der Waals surface area contributed by atoms with Gasteiger partial charge in [0, 0.05) is 23.9 Å². The molecule has 94 valence electrons. The molecule has 1 aromatic rings. The van der Waals surface area contributed by atoms with Gasteiger partial charge in [-0.3, -0.25) is 9.88 Å². The highest BCUT2D eigenvalue weighted by Gasteiger charge is 2.35. The molecule has 17 heavy (non-hydrogen) atoms. The summed E-state index contributed by atoms with van der Waals surface area (Å²) >= 11 is 0. The van der Waals surface area contributed by atoms with Crippen molar-refractivity contribution in [3.8, 4) is 0 Å². The van der Waals surface area contributed by atoms with Crippen molar-refractivity contribution in [1.29, 1.82) is 0 Å². The zero-order valence-corrected chi connectivity index (χ0v) is 10.8. The predicted molar refractivity (Wildman–Crippen MR) is 68.8 cm³/mol. The number of likely N-dealkylation sites (tertiary alicyclic amines) is 1. The highest BCUT2D eigenvalue weighted by Crippen LogP contribution is 2.25. The van der Waals surface area contributed by atoms with Crippen LogP contribution >= 0.6 is 0 Å². The van der Waals surface area contributed by atoms with Crippen LogP contribution < -0.4 is 0 Å². The van der Waals surface area contributed by atoms with Gasteiger partial charge >= 0.3 is 0 Å². The van der Waals surface area contributed by atoms with E-state index in [4.69, 9.17) is 0 Å². The first-order valence-corrected chi connectivity index (χ1v) is 6.44. The summed E-state index contributed by atoms with van der Waals surface area (Å²) in [6.07, 6.45) is 4.55. The molecule has 2 rings (SSSR count). The smallest absolute Gasteiger partial charge is 0.0773 e. The zero-order valence-electron chi connectivity index (χ0n) is 10.8. The number of hydrogen-bond acceptors (Lipinski definition) is 3. The molecule has 0 saturated carbocycles. The number of nitrogens with zero attached hydrogens (tertiary/aromatic N) is 2. The van der Waals surface area contributed by atoms with E-state index in [9.17, 15) is 5.11 Å².